The van der Waals surface area contributed by atoms with Gasteiger partial charge in [-0.3, -0.25) is 0 Å². The number of aliphatic hydroxyl groups is 1. The fourth-order valence-corrected chi connectivity index (χ4v) is 3.19. The Morgan fingerprint density at radius 1 is 1.00 bits per heavy atom. The highest BCUT2D eigenvalue weighted by molar-refractivity contribution is 9.10. The van der Waals surface area contributed by atoms with Crippen LogP contribution in [0, 0.1) is 0 Å². The van der Waals surface area contributed by atoms with E-state index in [0.717, 1.165) is 19.3 Å². The molecule has 0 amide bonds. The largest absolute Gasteiger partial charge is 0.467 e. The number of hydrogen-bond donors (Lipinski definition) is 1. The minimum Gasteiger partial charge on any atom is -0.467 e. The number of methoxy groups -OCH3 is 3. The average molecular weight is 421 g/mol. The lowest BCUT2D eigenvalue weighted by Gasteiger charge is -2.26. The summed E-state index contributed by atoms with van der Waals surface area (Å²) in [5.74, 6) is 1.16. The van der Waals surface area contributed by atoms with Crippen molar-refractivity contribution in [1.29, 1.82) is 0 Å². The van der Waals surface area contributed by atoms with Gasteiger partial charge in [0.25, 0.3) is 0 Å². The van der Waals surface area contributed by atoms with E-state index in [2.05, 4.69) is 22.9 Å². The van der Waals surface area contributed by atoms with Gasteiger partial charge in [0.1, 0.15) is 17.6 Å². The Kier molecular flexibility index (Phi) is 11.1. The van der Waals surface area contributed by atoms with Gasteiger partial charge in [-0.25, -0.2) is 0 Å². The summed E-state index contributed by atoms with van der Waals surface area (Å²) in [5, 5.41) is 10.6. The Hall–Kier alpha value is -0.860. The molecule has 25 heavy (non-hydrogen) atoms. The Bertz CT molecular complexity index is 497. The molecule has 0 fully saturated rings. The van der Waals surface area contributed by atoms with Crippen LogP contribution < -0.4 is 9.47 Å². The van der Waals surface area contributed by atoms with Gasteiger partial charge in [0.2, 0.25) is 0 Å². The third-order valence-corrected chi connectivity index (χ3v) is 4.58. The summed E-state index contributed by atoms with van der Waals surface area (Å²) in [6, 6.07) is 3.54. The smallest absolute Gasteiger partial charge is 0.188 e. The highest BCUT2D eigenvalue weighted by Crippen LogP contribution is 2.42. The maximum Gasteiger partial charge on any atom is 0.188 e. The van der Waals surface area contributed by atoms with Crippen molar-refractivity contribution in [3.05, 3.63) is 22.2 Å². The molecule has 0 spiro atoms. The van der Waals surface area contributed by atoms with Crippen LogP contribution in [0.15, 0.2) is 16.6 Å². The second-order valence-electron chi connectivity index (χ2n) is 5.61. The number of unbranched alkanes of at least 4 members (excludes halogenated alkanes) is 2. The molecule has 0 aliphatic heterocycles. The van der Waals surface area contributed by atoms with Gasteiger partial charge in [0, 0.05) is 26.9 Å². The summed E-state index contributed by atoms with van der Waals surface area (Å²) in [6.45, 7) is 2.34. The first-order chi connectivity index (χ1) is 12.1. The molecule has 0 heterocycles. The van der Waals surface area contributed by atoms with Gasteiger partial charge in [-0.15, -0.1) is 0 Å². The highest BCUT2D eigenvalue weighted by Gasteiger charge is 2.28. The predicted octanol–water partition coefficient (Wildman–Crippen LogP) is 4.04. The molecule has 0 aliphatic carbocycles. The lowest BCUT2D eigenvalue weighted by molar-refractivity contribution is -0.0227. The first-order valence-corrected chi connectivity index (χ1v) is 9.16. The topological polar surface area (TPSA) is 66.4 Å². The molecule has 144 valence electrons. The Balaban J connectivity index is 3.14. The molecule has 1 rings (SSSR count). The monoisotopic (exact) mass is 420 g/mol. The number of benzene rings is 1. The number of aliphatic hydroxyl groups excluding tert-OH is 1. The first kappa shape index (κ1) is 22.2. The Morgan fingerprint density at radius 2 is 1.60 bits per heavy atom. The maximum atomic E-state index is 10.6. The van der Waals surface area contributed by atoms with E-state index in [0.29, 0.717) is 28.0 Å². The van der Waals surface area contributed by atoms with Crippen molar-refractivity contribution in [3.63, 3.8) is 0 Å². The van der Waals surface area contributed by atoms with E-state index in [1.807, 2.05) is 0 Å². The number of rotatable bonds is 13. The average Bonchev–Trinajstić information content (AvgIpc) is 2.61. The Morgan fingerprint density at radius 3 is 2.16 bits per heavy atom. The van der Waals surface area contributed by atoms with Crippen LogP contribution >= 0.6 is 15.9 Å². The first-order valence-electron chi connectivity index (χ1n) is 8.37. The summed E-state index contributed by atoms with van der Waals surface area (Å²) in [7, 11) is 4.68. The summed E-state index contributed by atoms with van der Waals surface area (Å²) in [5.41, 5.74) is 0.692. The summed E-state index contributed by atoms with van der Waals surface area (Å²) in [6.07, 6.45) is 2.53. The van der Waals surface area contributed by atoms with E-state index in [-0.39, 0.29) is 13.6 Å². The lowest BCUT2D eigenvalue weighted by Crippen LogP contribution is -2.22. The molecule has 2 atom stereocenters. The maximum absolute atomic E-state index is 10.6. The molecular formula is C18H29BrO6. The molecule has 1 aromatic carbocycles. The quantitative estimate of drug-likeness (QED) is 0.383. The van der Waals surface area contributed by atoms with E-state index in [9.17, 15) is 5.11 Å². The number of halogens is 1. The van der Waals surface area contributed by atoms with Gasteiger partial charge in [0.05, 0.1) is 10.6 Å². The zero-order valence-electron chi connectivity index (χ0n) is 15.4. The van der Waals surface area contributed by atoms with Crippen LogP contribution in [0.4, 0.5) is 0 Å². The van der Waals surface area contributed by atoms with Gasteiger partial charge in [-0.05, 0) is 34.5 Å². The van der Waals surface area contributed by atoms with Crippen molar-refractivity contribution in [2.75, 3.05) is 34.9 Å². The van der Waals surface area contributed by atoms with Gasteiger partial charge in [-0.1, -0.05) is 26.2 Å². The van der Waals surface area contributed by atoms with E-state index < -0.39 is 12.2 Å². The zero-order chi connectivity index (χ0) is 18.7. The van der Waals surface area contributed by atoms with Crippen molar-refractivity contribution < 1.29 is 28.8 Å². The minimum absolute atomic E-state index is 0.0973. The van der Waals surface area contributed by atoms with Crippen molar-refractivity contribution >= 4 is 15.9 Å². The van der Waals surface area contributed by atoms with E-state index in [1.54, 1.807) is 33.5 Å². The van der Waals surface area contributed by atoms with Crippen molar-refractivity contribution in [2.24, 2.45) is 0 Å². The van der Waals surface area contributed by atoms with Crippen molar-refractivity contribution in [3.8, 4) is 11.5 Å². The van der Waals surface area contributed by atoms with Gasteiger partial charge >= 0.3 is 0 Å². The standard InChI is InChI=1S/C18H29BrO6/c1-5-6-7-8-13(20)18(23-4)16-14(24-11-21-2)9-10-15(17(16)19)25-12-22-3/h9-10,13,18,20H,5-8,11-12H2,1-4H3/t13-,18+/m0/s1. The fraction of sp³-hybridized carbons (Fsp3) is 0.667. The van der Waals surface area contributed by atoms with Crippen LogP contribution in [0.25, 0.3) is 0 Å². The van der Waals surface area contributed by atoms with E-state index >= 15 is 0 Å². The van der Waals surface area contributed by atoms with Crippen molar-refractivity contribution in [2.45, 2.75) is 44.8 Å². The van der Waals surface area contributed by atoms with Crippen LogP contribution in [0.1, 0.15) is 44.3 Å². The van der Waals surface area contributed by atoms with E-state index in [4.69, 9.17) is 23.7 Å². The molecule has 0 unspecified atom stereocenters. The Labute approximate surface area is 158 Å². The van der Waals surface area contributed by atoms with Crippen molar-refractivity contribution in [1.82, 2.24) is 0 Å². The predicted molar refractivity (Wildman–Crippen MR) is 99.0 cm³/mol. The highest BCUT2D eigenvalue weighted by atomic mass is 79.9. The molecule has 0 bridgehead atoms. The lowest BCUT2D eigenvalue weighted by atomic mass is 9.98. The van der Waals surface area contributed by atoms with Gasteiger partial charge in [0.15, 0.2) is 13.6 Å². The SMILES string of the molecule is CCCCC[C@H](O)[C@@H](OC)c1c(OCOC)ccc(OCOC)c1Br. The van der Waals surface area contributed by atoms with Crippen LogP contribution in [-0.2, 0) is 14.2 Å². The third-order valence-electron chi connectivity index (χ3n) is 3.76. The molecule has 1 aromatic rings. The van der Waals surface area contributed by atoms with Crippen LogP contribution in [0.5, 0.6) is 11.5 Å². The molecule has 0 saturated carbocycles. The normalized spacial score (nSPS) is 13.5. The molecule has 0 aliphatic rings. The van der Waals surface area contributed by atoms with Gasteiger partial charge < -0.3 is 28.8 Å². The molecule has 0 saturated heterocycles. The molecule has 7 heteroatoms. The minimum atomic E-state index is -0.657. The van der Waals surface area contributed by atoms with Crippen LogP contribution in [0.3, 0.4) is 0 Å². The molecule has 6 nitrogen and oxygen atoms in total. The zero-order valence-corrected chi connectivity index (χ0v) is 17.0. The third kappa shape index (κ3) is 6.75. The summed E-state index contributed by atoms with van der Waals surface area (Å²) >= 11 is 3.55. The molecule has 0 aromatic heterocycles. The fourth-order valence-electron chi connectivity index (χ4n) is 2.52. The molecule has 1 N–H and O–H groups in total. The second kappa shape index (κ2) is 12.5. The van der Waals surface area contributed by atoms with Crippen LogP contribution in [-0.4, -0.2) is 46.1 Å². The van der Waals surface area contributed by atoms with Gasteiger partial charge in [-0.2, -0.15) is 0 Å². The molecular weight excluding hydrogens is 392 g/mol. The number of ether oxygens (including phenoxy) is 5. The van der Waals surface area contributed by atoms with E-state index in [1.165, 1.54) is 0 Å². The van der Waals surface area contributed by atoms with Crippen LogP contribution in [0.2, 0.25) is 0 Å². The number of hydrogen-bond acceptors (Lipinski definition) is 6. The summed E-state index contributed by atoms with van der Waals surface area (Å²) in [4.78, 5) is 0. The second-order valence-corrected chi connectivity index (χ2v) is 6.40. The summed E-state index contributed by atoms with van der Waals surface area (Å²) < 4.78 is 27.4. The molecule has 0 radical (unpaired) electrons.